The van der Waals surface area contributed by atoms with Gasteiger partial charge in [-0.25, -0.2) is 5.01 Å². The summed E-state index contributed by atoms with van der Waals surface area (Å²) < 4.78 is 11.5. The fourth-order valence-electron chi connectivity index (χ4n) is 3.29. The second kappa shape index (κ2) is 9.83. The highest BCUT2D eigenvalue weighted by molar-refractivity contribution is 6.31. The maximum Gasteiger partial charge on any atom is 0.282 e. The van der Waals surface area contributed by atoms with Crippen LogP contribution in [0.1, 0.15) is 17.5 Å². The zero-order valence-electron chi connectivity index (χ0n) is 17.8. The van der Waals surface area contributed by atoms with Gasteiger partial charge < -0.3 is 9.47 Å². The van der Waals surface area contributed by atoms with Crippen LogP contribution >= 0.6 is 0 Å². The molecule has 3 aromatic rings. The molecule has 6 heteroatoms. The lowest BCUT2D eigenvalue weighted by Gasteiger charge is -2.13. The van der Waals surface area contributed by atoms with E-state index in [-0.39, 0.29) is 11.5 Å². The van der Waals surface area contributed by atoms with Gasteiger partial charge in [-0.05, 0) is 60.5 Å². The Labute approximate surface area is 187 Å². The number of benzene rings is 3. The standard InChI is InChI=1S/C26H24N2O4/c1-19-7-5-10-23(17-19)32-16-6-15-31-22-13-11-20(12-14-22)18-24-25(29)27-28(26(24)30)21-8-3-2-4-9-21/h2-5,7-14,17-18H,6,15-16H2,1H3,(H,27,29). The summed E-state index contributed by atoms with van der Waals surface area (Å²) in [6.07, 6.45) is 2.34. The number of amides is 2. The molecular weight excluding hydrogens is 404 g/mol. The summed E-state index contributed by atoms with van der Waals surface area (Å²) in [4.78, 5) is 24.9. The Morgan fingerprint density at radius 3 is 2.28 bits per heavy atom. The molecule has 1 heterocycles. The largest absolute Gasteiger partial charge is 0.493 e. The van der Waals surface area contributed by atoms with E-state index in [1.807, 2.05) is 73.7 Å². The van der Waals surface area contributed by atoms with Crippen molar-refractivity contribution in [1.82, 2.24) is 5.43 Å². The van der Waals surface area contributed by atoms with Crippen molar-refractivity contribution in [2.75, 3.05) is 18.2 Å². The van der Waals surface area contributed by atoms with Crippen LogP contribution in [0, 0.1) is 6.92 Å². The summed E-state index contributed by atoms with van der Waals surface area (Å²) in [7, 11) is 0. The molecule has 32 heavy (non-hydrogen) atoms. The van der Waals surface area contributed by atoms with E-state index in [4.69, 9.17) is 9.47 Å². The Morgan fingerprint density at radius 1 is 0.844 bits per heavy atom. The molecule has 4 rings (SSSR count). The lowest BCUT2D eigenvalue weighted by atomic mass is 10.1. The van der Waals surface area contributed by atoms with Crippen LogP contribution in [0.5, 0.6) is 11.5 Å². The number of nitrogens with zero attached hydrogens (tertiary/aromatic N) is 1. The molecule has 6 nitrogen and oxygen atoms in total. The highest BCUT2D eigenvalue weighted by atomic mass is 16.5. The topological polar surface area (TPSA) is 67.9 Å². The van der Waals surface area contributed by atoms with Gasteiger partial charge in [0.1, 0.15) is 17.1 Å². The molecule has 0 aromatic heterocycles. The van der Waals surface area contributed by atoms with Gasteiger partial charge in [0, 0.05) is 6.42 Å². The van der Waals surface area contributed by atoms with Crippen LogP contribution in [0.25, 0.3) is 6.08 Å². The van der Waals surface area contributed by atoms with Crippen molar-refractivity contribution in [1.29, 1.82) is 0 Å². The number of para-hydroxylation sites is 1. The molecule has 0 saturated carbocycles. The van der Waals surface area contributed by atoms with Crippen molar-refractivity contribution < 1.29 is 19.1 Å². The van der Waals surface area contributed by atoms with E-state index in [2.05, 4.69) is 5.43 Å². The third-order valence-electron chi connectivity index (χ3n) is 4.91. The zero-order valence-corrected chi connectivity index (χ0v) is 17.8. The summed E-state index contributed by atoms with van der Waals surface area (Å²) in [6, 6.07) is 24.2. The minimum absolute atomic E-state index is 0.0934. The molecule has 3 aromatic carbocycles. The smallest absolute Gasteiger partial charge is 0.282 e. The monoisotopic (exact) mass is 428 g/mol. The third kappa shape index (κ3) is 5.16. The van der Waals surface area contributed by atoms with Crippen LogP contribution in [-0.4, -0.2) is 25.0 Å². The summed E-state index contributed by atoms with van der Waals surface area (Å²) in [5.74, 6) is 0.775. The lowest BCUT2D eigenvalue weighted by Crippen LogP contribution is -2.35. The molecule has 2 amide bonds. The number of hydrogen-bond acceptors (Lipinski definition) is 4. The van der Waals surface area contributed by atoms with Gasteiger partial charge in [0.15, 0.2) is 0 Å². The quantitative estimate of drug-likeness (QED) is 0.330. The maximum absolute atomic E-state index is 12.6. The highest BCUT2D eigenvalue weighted by Gasteiger charge is 2.34. The summed E-state index contributed by atoms with van der Waals surface area (Å²) in [5.41, 5.74) is 5.21. The molecule has 1 fully saturated rings. The summed E-state index contributed by atoms with van der Waals surface area (Å²) in [5, 5.41) is 1.25. The van der Waals surface area contributed by atoms with E-state index in [9.17, 15) is 9.59 Å². The summed E-state index contributed by atoms with van der Waals surface area (Å²) >= 11 is 0. The number of carbonyl (C=O) groups excluding carboxylic acids is 2. The Morgan fingerprint density at radius 2 is 1.56 bits per heavy atom. The van der Waals surface area contributed by atoms with Crippen LogP contribution in [0.3, 0.4) is 0 Å². The van der Waals surface area contributed by atoms with Gasteiger partial charge in [0.05, 0.1) is 18.9 Å². The average Bonchev–Trinajstić information content (AvgIpc) is 3.09. The van der Waals surface area contributed by atoms with Crippen molar-refractivity contribution in [3.05, 3.63) is 95.6 Å². The van der Waals surface area contributed by atoms with E-state index in [1.165, 1.54) is 10.6 Å². The van der Waals surface area contributed by atoms with Crippen LogP contribution in [0.15, 0.2) is 84.4 Å². The number of hydrazine groups is 1. The zero-order chi connectivity index (χ0) is 22.3. The van der Waals surface area contributed by atoms with E-state index in [0.717, 1.165) is 23.5 Å². The van der Waals surface area contributed by atoms with Crippen LogP contribution in [0.2, 0.25) is 0 Å². The Bertz CT molecular complexity index is 1120. The Hall–Kier alpha value is -4.06. The van der Waals surface area contributed by atoms with Crippen molar-refractivity contribution in [2.24, 2.45) is 0 Å². The van der Waals surface area contributed by atoms with E-state index >= 15 is 0 Å². The van der Waals surface area contributed by atoms with E-state index in [0.29, 0.717) is 18.9 Å². The first-order valence-electron chi connectivity index (χ1n) is 10.4. The molecule has 0 radical (unpaired) electrons. The molecule has 1 aliphatic heterocycles. The number of carbonyl (C=O) groups is 2. The van der Waals surface area contributed by atoms with Crippen LogP contribution in [-0.2, 0) is 9.59 Å². The molecule has 1 saturated heterocycles. The summed E-state index contributed by atoms with van der Waals surface area (Å²) in [6.45, 7) is 3.13. The fourth-order valence-corrected chi connectivity index (χ4v) is 3.29. The first kappa shape index (κ1) is 21.2. The second-order valence-electron chi connectivity index (χ2n) is 7.41. The van der Waals surface area contributed by atoms with E-state index in [1.54, 1.807) is 18.2 Å². The highest BCUT2D eigenvalue weighted by Crippen LogP contribution is 2.22. The normalized spacial score (nSPS) is 14.5. The molecule has 162 valence electrons. The van der Waals surface area contributed by atoms with Crippen LogP contribution in [0.4, 0.5) is 5.69 Å². The minimum Gasteiger partial charge on any atom is -0.493 e. The van der Waals surface area contributed by atoms with Crippen molar-refractivity contribution >= 4 is 23.6 Å². The van der Waals surface area contributed by atoms with Gasteiger partial charge in [0.2, 0.25) is 0 Å². The van der Waals surface area contributed by atoms with Gasteiger partial charge in [-0.1, -0.05) is 42.5 Å². The molecule has 0 unspecified atom stereocenters. The third-order valence-corrected chi connectivity index (χ3v) is 4.91. The van der Waals surface area contributed by atoms with E-state index < -0.39 is 5.91 Å². The number of aryl methyl sites for hydroxylation is 1. The fraction of sp³-hybridized carbons (Fsp3) is 0.154. The number of anilines is 1. The van der Waals surface area contributed by atoms with Gasteiger partial charge in [0.25, 0.3) is 11.8 Å². The molecule has 0 spiro atoms. The van der Waals surface area contributed by atoms with Crippen molar-refractivity contribution in [3.8, 4) is 11.5 Å². The van der Waals surface area contributed by atoms with Crippen molar-refractivity contribution in [3.63, 3.8) is 0 Å². The van der Waals surface area contributed by atoms with Gasteiger partial charge in [-0.15, -0.1) is 0 Å². The average molecular weight is 428 g/mol. The first-order valence-corrected chi connectivity index (χ1v) is 10.4. The minimum atomic E-state index is -0.423. The number of rotatable bonds is 8. The first-order chi connectivity index (χ1) is 15.6. The Kier molecular flexibility index (Phi) is 6.51. The molecule has 1 N–H and O–H groups in total. The van der Waals surface area contributed by atoms with Crippen molar-refractivity contribution in [2.45, 2.75) is 13.3 Å². The molecule has 0 bridgehead atoms. The molecular formula is C26H24N2O4. The second-order valence-corrected chi connectivity index (χ2v) is 7.41. The van der Waals surface area contributed by atoms with Crippen LogP contribution < -0.4 is 19.9 Å². The Balaban J connectivity index is 1.29. The molecule has 0 atom stereocenters. The van der Waals surface area contributed by atoms with Gasteiger partial charge in [-0.3, -0.25) is 15.0 Å². The maximum atomic E-state index is 12.6. The number of hydrogen-bond donors (Lipinski definition) is 1. The molecule has 0 aliphatic carbocycles. The SMILES string of the molecule is Cc1cccc(OCCCOc2ccc(C=C3C(=O)NN(c4ccccc4)C3=O)cc2)c1. The lowest BCUT2D eigenvalue weighted by molar-refractivity contribution is -0.117. The number of ether oxygens (including phenoxy) is 2. The predicted molar refractivity (Wildman–Crippen MR) is 123 cm³/mol. The molecule has 1 aliphatic rings. The van der Waals surface area contributed by atoms with Gasteiger partial charge in [-0.2, -0.15) is 0 Å². The number of nitrogens with one attached hydrogen (secondary N) is 1. The van der Waals surface area contributed by atoms with Gasteiger partial charge >= 0.3 is 0 Å². The predicted octanol–water partition coefficient (Wildman–Crippen LogP) is 4.30.